The van der Waals surface area contributed by atoms with Crippen molar-refractivity contribution in [3.05, 3.63) is 29.8 Å². The van der Waals surface area contributed by atoms with Gasteiger partial charge in [0.2, 0.25) is 0 Å². The van der Waals surface area contributed by atoms with E-state index in [1.54, 1.807) is 13.8 Å². The average molecular weight is 330 g/mol. The molecule has 5 nitrogen and oxygen atoms in total. The number of rotatable bonds is 3. The number of nitrogens with zero attached hydrogens (tertiary/aromatic N) is 2. The van der Waals surface area contributed by atoms with E-state index in [0.29, 0.717) is 0 Å². The van der Waals surface area contributed by atoms with Crippen molar-refractivity contribution in [2.45, 2.75) is 38.6 Å². The summed E-state index contributed by atoms with van der Waals surface area (Å²) in [5, 5.41) is 23.5. The largest absolute Gasteiger partial charge is 0.507 e. The Morgan fingerprint density at radius 3 is 2.52 bits per heavy atom. The molecule has 23 heavy (non-hydrogen) atoms. The number of amides is 1. The maximum absolute atomic E-state index is 13.3. The molecule has 1 aliphatic heterocycles. The summed E-state index contributed by atoms with van der Waals surface area (Å²) in [7, 11) is 0. The Bertz CT molecular complexity index is 643. The quantitative estimate of drug-likeness (QED) is 0.895. The molecule has 1 heterocycles. The van der Waals surface area contributed by atoms with Gasteiger partial charge >= 0.3 is 6.18 Å². The lowest BCUT2D eigenvalue weighted by Gasteiger charge is -2.32. The average Bonchev–Trinajstić information content (AvgIpc) is 2.75. The molecule has 0 aromatic heterocycles. The van der Waals surface area contributed by atoms with Gasteiger partial charge in [0.15, 0.2) is 0 Å². The van der Waals surface area contributed by atoms with Crippen molar-refractivity contribution in [2.24, 2.45) is 11.0 Å². The number of alkyl halides is 3. The van der Waals surface area contributed by atoms with Crippen molar-refractivity contribution in [1.82, 2.24) is 5.01 Å². The number of hydrogen-bond donors (Lipinski definition) is 2. The lowest BCUT2D eigenvalue weighted by molar-refractivity contribution is -0.297. The molecule has 1 aromatic rings. The highest BCUT2D eigenvalue weighted by Crippen LogP contribution is 2.42. The predicted molar refractivity (Wildman–Crippen MR) is 76.8 cm³/mol. The first-order valence-electron chi connectivity index (χ1n) is 7.04. The molecule has 1 unspecified atom stereocenters. The molecule has 0 fully saturated rings. The van der Waals surface area contributed by atoms with Crippen LogP contribution in [-0.2, 0) is 0 Å². The number of halogens is 3. The SMILES string of the molecule is CC(C)CC1=NN(C(=O)c2ccccc2O)C(O)(C(F)(F)F)C1. The van der Waals surface area contributed by atoms with E-state index in [9.17, 15) is 28.2 Å². The summed E-state index contributed by atoms with van der Waals surface area (Å²) < 4.78 is 39.9. The Kier molecular flexibility index (Phi) is 4.39. The summed E-state index contributed by atoms with van der Waals surface area (Å²) in [5.41, 5.74) is -3.68. The third-order valence-electron chi connectivity index (χ3n) is 3.47. The zero-order valence-electron chi connectivity index (χ0n) is 12.6. The number of aromatic hydroxyl groups is 1. The van der Waals surface area contributed by atoms with Crippen LogP contribution in [0.4, 0.5) is 13.2 Å². The van der Waals surface area contributed by atoms with E-state index in [1.807, 2.05) is 0 Å². The van der Waals surface area contributed by atoms with Crippen LogP contribution < -0.4 is 0 Å². The van der Waals surface area contributed by atoms with Crippen LogP contribution in [0.2, 0.25) is 0 Å². The molecule has 0 saturated carbocycles. The molecule has 0 radical (unpaired) electrons. The van der Waals surface area contributed by atoms with Crippen LogP contribution in [0.5, 0.6) is 5.75 Å². The topological polar surface area (TPSA) is 73.1 Å². The van der Waals surface area contributed by atoms with Crippen molar-refractivity contribution in [3.63, 3.8) is 0 Å². The van der Waals surface area contributed by atoms with Crippen molar-refractivity contribution < 1.29 is 28.2 Å². The summed E-state index contributed by atoms with van der Waals surface area (Å²) in [5.74, 6) is -1.66. The van der Waals surface area contributed by atoms with Crippen molar-refractivity contribution in [3.8, 4) is 5.75 Å². The second kappa shape index (κ2) is 5.84. The van der Waals surface area contributed by atoms with Gasteiger partial charge in [0.25, 0.3) is 11.6 Å². The van der Waals surface area contributed by atoms with Crippen molar-refractivity contribution in [1.29, 1.82) is 0 Å². The smallest absolute Gasteiger partial charge is 0.438 e. The number of carbonyl (C=O) groups is 1. The minimum atomic E-state index is -5.07. The zero-order valence-corrected chi connectivity index (χ0v) is 12.6. The summed E-state index contributed by atoms with van der Waals surface area (Å²) in [6.45, 7) is 3.59. The van der Waals surface area contributed by atoms with Gasteiger partial charge in [-0.05, 0) is 24.5 Å². The fourth-order valence-electron chi connectivity index (χ4n) is 2.41. The van der Waals surface area contributed by atoms with E-state index in [1.165, 1.54) is 24.3 Å². The summed E-state index contributed by atoms with van der Waals surface area (Å²) in [6, 6.07) is 5.17. The van der Waals surface area contributed by atoms with E-state index in [0.717, 1.165) is 0 Å². The molecule has 0 spiro atoms. The van der Waals surface area contributed by atoms with Crippen LogP contribution in [0.3, 0.4) is 0 Å². The van der Waals surface area contributed by atoms with Gasteiger partial charge in [-0.2, -0.15) is 23.3 Å². The Labute approximate surface area is 131 Å². The standard InChI is InChI=1S/C15H17F3N2O3/c1-9(2)7-10-8-14(23,15(16,17)18)20(19-10)13(22)11-5-3-4-6-12(11)21/h3-6,9,21,23H,7-8H2,1-2H3. The highest BCUT2D eigenvalue weighted by molar-refractivity contribution is 6.00. The molecule has 1 aliphatic rings. The second-order valence-corrected chi connectivity index (χ2v) is 5.89. The summed E-state index contributed by atoms with van der Waals surface area (Å²) in [6.07, 6.45) is -5.65. The monoisotopic (exact) mass is 330 g/mol. The number of aliphatic hydroxyl groups is 1. The van der Waals surface area contributed by atoms with Gasteiger partial charge in [0.05, 0.1) is 5.56 Å². The molecule has 0 aliphatic carbocycles. The zero-order chi connectivity index (χ0) is 17.4. The van der Waals surface area contributed by atoms with Gasteiger partial charge < -0.3 is 10.2 Å². The number of para-hydroxylation sites is 1. The fraction of sp³-hybridized carbons (Fsp3) is 0.467. The molecule has 1 atom stereocenters. The van der Waals surface area contributed by atoms with Crippen LogP contribution in [0, 0.1) is 5.92 Å². The normalized spacial score (nSPS) is 21.7. The number of hydrazone groups is 1. The third kappa shape index (κ3) is 3.17. The van der Waals surface area contributed by atoms with Gasteiger partial charge in [-0.15, -0.1) is 0 Å². The molecule has 1 aromatic carbocycles. The molecule has 126 valence electrons. The van der Waals surface area contributed by atoms with E-state index < -0.39 is 30.0 Å². The van der Waals surface area contributed by atoms with Gasteiger partial charge in [-0.25, -0.2) is 0 Å². The molecule has 2 rings (SSSR count). The van der Waals surface area contributed by atoms with Gasteiger partial charge in [-0.1, -0.05) is 26.0 Å². The molecular weight excluding hydrogens is 313 g/mol. The van der Waals surface area contributed by atoms with Crippen molar-refractivity contribution >= 4 is 11.6 Å². The minimum Gasteiger partial charge on any atom is -0.507 e. The van der Waals surface area contributed by atoms with Crippen molar-refractivity contribution in [2.75, 3.05) is 0 Å². The van der Waals surface area contributed by atoms with E-state index in [4.69, 9.17) is 0 Å². The van der Waals surface area contributed by atoms with Crippen LogP contribution in [0.1, 0.15) is 37.0 Å². The number of benzene rings is 1. The first kappa shape index (κ1) is 17.3. The van der Waals surface area contributed by atoms with Gasteiger partial charge in [0, 0.05) is 12.1 Å². The minimum absolute atomic E-state index is 0.0198. The predicted octanol–water partition coefficient (Wildman–Crippen LogP) is 2.89. The first-order chi connectivity index (χ1) is 10.6. The summed E-state index contributed by atoms with van der Waals surface area (Å²) >= 11 is 0. The van der Waals surface area contributed by atoms with Crippen LogP contribution in [0.15, 0.2) is 29.4 Å². The molecular formula is C15H17F3N2O3. The molecule has 1 amide bonds. The van der Waals surface area contributed by atoms with Crippen LogP contribution in [-0.4, -0.2) is 38.7 Å². The third-order valence-corrected chi connectivity index (χ3v) is 3.47. The summed E-state index contributed by atoms with van der Waals surface area (Å²) in [4.78, 5) is 12.4. The Hall–Kier alpha value is -2.09. The molecule has 0 saturated heterocycles. The molecule has 0 bridgehead atoms. The highest BCUT2D eigenvalue weighted by Gasteiger charge is 2.63. The Morgan fingerprint density at radius 1 is 1.39 bits per heavy atom. The first-order valence-corrected chi connectivity index (χ1v) is 7.04. The lowest BCUT2D eigenvalue weighted by atomic mass is 9.99. The number of hydrogen-bond acceptors (Lipinski definition) is 4. The molecule has 8 heteroatoms. The van der Waals surface area contributed by atoms with Gasteiger partial charge in [0.1, 0.15) is 5.75 Å². The number of phenols is 1. The highest BCUT2D eigenvalue weighted by atomic mass is 19.4. The van der Waals surface area contributed by atoms with E-state index >= 15 is 0 Å². The van der Waals surface area contributed by atoms with Crippen LogP contribution in [0.25, 0.3) is 0 Å². The maximum atomic E-state index is 13.3. The van der Waals surface area contributed by atoms with Crippen LogP contribution >= 0.6 is 0 Å². The Balaban J connectivity index is 2.44. The van der Waals surface area contributed by atoms with Gasteiger partial charge in [-0.3, -0.25) is 4.79 Å². The van der Waals surface area contributed by atoms with E-state index in [2.05, 4.69) is 5.10 Å². The van der Waals surface area contributed by atoms with E-state index in [-0.39, 0.29) is 28.6 Å². The maximum Gasteiger partial charge on any atom is 0.438 e. The fourth-order valence-corrected chi connectivity index (χ4v) is 2.41. The number of phenolic OH excluding ortho intramolecular Hbond substituents is 1. The second-order valence-electron chi connectivity index (χ2n) is 5.89. The lowest BCUT2D eigenvalue weighted by Crippen LogP contribution is -2.56. The Morgan fingerprint density at radius 2 is 2.00 bits per heavy atom. The molecule has 2 N–H and O–H groups in total. The number of carbonyl (C=O) groups excluding carboxylic acids is 1.